The predicted octanol–water partition coefficient (Wildman–Crippen LogP) is 10.9. The molecular formula is C40H80N2O4. The summed E-state index contributed by atoms with van der Waals surface area (Å²) in [5, 5.41) is 0. The van der Waals surface area contributed by atoms with Gasteiger partial charge in [0.15, 0.2) is 0 Å². The molecule has 0 saturated heterocycles. The highest BCUT2D eigenvalue weighted by Gasteiger charge is 2.23. The highest BCUT2D eigenvalue weighted by molar-refractivity contribution is 5.69. The lowest BCUT2D eigenvalue weighted by atomic mass is 10.0. The molecule has 0 amide bonds. The van der Waals surface area contributed by atoms with Crippen molar-refractivity contribution in [2.75, 3.05) is 40.3 Å². The van der Waals surface area contributed by atoms with Crippen LogP contribution in [0.15, 0.2) is 0 Å². The fourth-order valence-corrected chi connectivity index (χ4v) is 6.09. The van der Waals surface area contributed by atoms with E-state index in [2.05, 4.69) is 51.6 Å². The van der Waals surface area contributed by atoms with Crippen LogP contribution in [0.2, 0.25) is 0 Å². The van der Waals surface area contributed by atoms with Crippen molar-refractivity contribution in [1.82, 2.24) is 9.80 Å². The van der Waals surface area contributed by atoms with Gasteiger partial charge in [0.25, 0.3) is 0 Å². The van der Waals surface area contributed by atoms with Crippen molar-refractivity contribution in [3.8, 4) is 0 Å². The van der Waals surface area contributed by atoms with Gasteiger partial charge in [-0.2, -0.15) is 0 Å². The Kier molecular flexibility index (Phi) is 32.9. The molecule has 0 fully saturated rings. The zero-order valence-electron chi connectivity index (χ0n) is 31.9. The Bertz CT molecular complexity index is 622. The van der Waals surface area contributed by atoms with Crippen LogP contribution in [0.1, 0.15) is 195 Å². The molecule has 6 heteroatoms. The van der Waals surface area contributed by atoms with Crippen molar-refractivity contribution in [1.29, 1.82) is 0 Å². The Hall–Kier alpha value is -1.14. The largest absolute Gasteiger partial charge is 0.461 e. The van der Waals surface area contributed by atoms with Crippen LogP contribution in [0.4, 0.5) is 0 Å². The number of ether oxygens (including phenoxy) is 2. The number of carbonyl (C=O) groups is 2. The molecule has 46 heavy (non-hydrogen) atoms. The maximum Gasteiger partial charge on any atom is 0.306 e. The summed E-state index contributed by atoms with van der Waals surface area (Å²) in [4.78, 5) is 30.6. The molecule has 0 radical (unpaired) electrons. The molecule has 0 heterocycles. The minimum atomic E-state index is -0.111. The molecule has 0 aromatic carbocycles. The molecule has 0 aliphatic carbocycles. The maximum absolute atomic E-state index is 13.0. The lowest BCUT2D eigenvalue weighted by molar-refractivity contribution is -0.152. The molecule has 0 aliphatic heterocycles. The summed E-state index contributed by atoms with van der Waals surface area (Å²) in [5.41, 5.74) is 0. The number of carbonyl (C=O) groups excluding carboxylic acids is 2. The summed E-state index contributed by atoms with van der Waals surface area (Å²) < 4.78 is 12.4. The van der Waals surface area contributed by atoms with Crippen molar-refractivity contribution in [2.24, 2.45) is 0 Å². The molecule has 2 atom stereocenters. The van der Waals surface area contributed by atoms with E-state index in [-0.39, 0.29) is 24.1 Å². The second-order valence-electron chi connectivity index (χ2n) is 14.2. The number of hydrogen-bond acceptors (Lipinski definition) is 6. The van der Waals surface area contributed by atoms with Gasteiger partial charge in [0.2, 0.25) is 0 Å². The molecule has 0 N–H and O–H groups in total. The first-order valence-electron chi connectivity index (χ1n) is 20.1. The fraction of sp³-hybridized carbons (Fsp3) is 0.950. The van der Waals surface area contributed by atoms with Crippen LogP contribution in [0.5, 0.6) is 0 Å². The molecule has 0 aromatic rings. The van der Waals surface area contributed by atoms with Crippen molar-refractivity contribution in [3.63, 3.8) is 0 Å². The monoisotopic (exact) mass is 653 g/mol. The summed E-state index contributed by atoms with van der Waals surface area (Å²) in [7, 11) is 4.22. The van der Waals surface area contributed by atoms with Gasteiger partial charge in [-0.05, 0) is 52.6 Å². The van der Waals surface area contributed by atoms with Crippen LogP contribution in [0, 0.1) is 0 Å². The minimum Gasteiger partial charge on any atom is -0.461 e. The maximum atomic E-state index is 13.0. The summed E-state index contributed by atoms with van der Waals surface area (Å²) in [6, 6.07) is 0. The van der Waals surface area contributed by atoms with E-state index in [9.17, 15) is 9.59 Å². The molecule has 0 aliphatic rings. The first-order chi connectivity index (χ1) is 22.4. The number of nitrogens with zero attached hydrogens (tertiary/aromatic N) is 2. The first-order valence-corrected chi connectivity index (χ1v) is 20.1. The summed E-state index contributed by atoms with van der Waals surface area (Å²) in [6.45, 7) is 12.2. The van der Waals surface area contributed by atoms with Crippen molar-refractivity contribution in [2.45, 2.75) is 207 Å². The van der Waals surface area contributed by atoms with Crippen LogP contribution >= 0.6 is 0 Å². The van der Waals surface area contributed by atoms with E-state index in [1.165, 1.54) is 103 Å². The minimum absolute atomic E-state index is 0.0434. The van der Waals surface area contributed by atoms with Crippen molar-refractivity contribution < 1.29 is 19.1 Å². The van der Waals surface area contributed by atoms with E-state index in [0.29, 0.717) is 25.9 Å². The Labute approximate surface area is 287 Å². The van der Waals surface area contributed by atoms with E-state index in [1.54, 1.807) is 0 Å². The van der Waals surface area contributed by atoms with Gasteiger partial charge in [0.05, 0.1) is 0 Å². The summed E-state index contributed by atoms with van der Waals surface area (Å²) in [5.74, 6) is -0.0867. The third-order valence-corrected chi connectivity index (χ3v) is 9.11. The molecule has 2 unspecified atom stereocenters. The average molecular weight is 653 g/mol. The van der Waals surface area contributed by atoms with Gasteiger partial charge in [0.1, 0.15) is 12.2 Å². The number of rotatable bonds is 35. The Balaban J connectivity index is 5.48. The van der Waals surface area contributed by atoms with Gasteiger partial charge in [-0.1, -0.05) is 143 Å². The van der Waals surface area contributed by atoms with Crippen molar-refractivity contribution in [3.05, 3.63) is 0 Å². The molecule has 0 saturated carbocycles. The molecule has 274 valence electrons. The number of unbranched alkanes of at least 4 members (excludes halogenated alkanes) is 18. The summed E-state index contributed by atoms with van der Waals surface area (Å²) >= 11 is 0. The van der Waals surface area contributed by atoms with Crippen LogP contribution in [-0.2, 0) is 19.1 Å². The summed E-state index contributed by atoms with van der Waals surface area (Å²) in [6.07, 6.45) is 28.7. The van der Waals surface area contributed by atoms with Gasteiger partial charge in [-0.15, -0.1) is 0 Å². The standard InChI is InChI=1S/C40H80N2O4/c1-7-11-15-19-23-25-29-37(45-39(43)31-27-21-17-13-9-3)35-42(34-33-41(5)6)36-38(30-26-24-20-16-12-8-2)46-40(44)32-28-22-18-14-10-4/h37-38H,7-36H2,1-6H3. The topological polar surface area (TPSA) is 59.1 Å². The number of hydrogen-bond donors (Lipinski definition) is 0. The lowest BCUT2D eigenvalue weighted by Crippen LogP contribution is -2.43. The second-order valence-corrected chi connectivity index (χ2v) is 14.2. The van der Waals surface area contributed by atoms with E-state index >= 15 is 0 Å². The fourth-order valence-electron chi connectivity index (χ4n) is 6.09. The number of esters is 2. The smallest absolute Gasteiger partial charge is 0.306 e. The van der Waals surface area contributed by atoms with Crippen LogP contribution < -0.4 is 0 Å². The predicted molar refractivity (Wildman–Crippen MR) is 197 cm³/mol. The third kappa shape index (κ3) is 30.2. The second kappa shape index (κ2) is 33.7. The van der Waals surface area contributed by atoms with E-state index in [0.717, 1.165) is 64.5 Å². The van der Waals surface area contributed by atoms with Crippen molar-refractivity contribution >= 4 is 11.9 Å². The molecule has 0 spiro atoms. The number of likely N-dealkylation sites (N-methyl/N-ethyl adjacent to an activating group) is 1. The van der Waals surface area contributed by atoms with Gasteiger partial charge in [-0.25, -0.2) is 0 Å². The SMILES string of the molecule is CCCCCCCCC(CN(CCN(C)C)CC(CCCCCCCC)OC(=O)CCCCCCC)OC(=O)CCCCCCC. The van der Waals surface area contributed by atoms with Gasteiger partial charge < -0.3 is 14.4 Å². The highest BCUT2D eigenvalue weighted by Crippen LogP contribution is 2.17. The van der Waals surface area contributed by atoms with E-state index in [4.69, 9.17) is 9.47 Å². The van der Waals surface area contributed by atoms with Gasteiger partial charge in [-0.3, -0.25) is 14.5 Å². The van der Waals surface area contributed by atoms with E-state index < -0.39 is 0 Å². The van der Waals surface area contributed by atoms with Crippen LogP contribution in [0.25, 0.3) is 0 Å². The van der Waals surface area contributed by atoms with Crippen LogP contribution in [-0.4, -0.2) is 74.2 Å². The Morgan fingerprint density at radius 1 is 0.457 bits per heavy atom. The van der Waals surface area contributed by atoms with E-state index in [1.807, 2.05) is 0 Å². The van der Waals surface area contributed by atoms with Crippen LogP contribution in [0.3, 0.4) is 0 Å². The Morgan fingerprint density at radius 2 is 0.783 bits per heavy atom. The Morgan fingerprint density at radius 3 is 1.13 bits per heavy atom. The molecular weight excluding hydrogens is 572 g/mol. The quantitative estimate of drug-likeness (QED) is 0.0501. The lowest BCUT2D eigenvalue weighted by Gasteiger charge is -2.31. The molecule has 0 rings (SSSR count). The zero-order valence-corrected chi connectivity index (χ0v) is 31.9. The zero-order chi connectivity index (χ0) is 34.1. The normalized spacial score (nSPS) is 13.0. The average Bonchev–Trinajstić information content (AvgIpc) is 3.02. The molecule has 0 bridgehead atoms. The highest BCUT2D eigenvalue weighted by atomic mass is 16.5. The van der Waals surface area contributed by atoms with Gasteiger partial charge in [0, 0.05) is 39.0 Å². The van der Waals surface area contributed by atoms with Gasteiger partial charge >= 0.3 is 11.9 Å². The third-order valence-electron chi connectivity index (χ3n) is 9.11. The first kappa shape index (κ1) is 44.9. The molecule has 6 nitrogen and oxygen atoms in total. The molecule has 0 aromatic heterocycles.